The smallest absolute Gasteiger partial charge is 0.326 e. The van der Waals surface area contributed by atoms with Gasteiger partial charge in [0.05, 0.1) is 4.92 Å². The first-order valence-corrected chi connectivity index (χ1v) is 8.86. The van der Waals surface area contributed by atoms with Crippen LogP contribution in [-0.2, 0) is 11.2 Å². The number of carboxylic acid groups (broad SMARTS) is 1. The number of nitro benzene ring substituents is 1. The van der Waals surface area contributed by atoms with Crippen LogP contribution >= 0.6 is 0 Å². The molecule has 3 aromatic rings. The number of aliphatic carboxylic acids is 1. The van der Waals surface area contributed by atoms with Gasteiger partial charge < -0.3 is 10.4 Å². The predicted octanol–water partition coefficient (Wildman–Crippen LogP) is 3.69. The number of rotatable bonds is 7. The molecule has 0 unspecified atom stereocenters. The number of nitro groups is 1. The van der Waals surface area contributed by atoms with E-state index in [-0.39, 0.29) is 17.7 Å². The van der Waals surface area contributed by atoms with Crippen LogP contribution < -0.4 is 5.32 Å². The van der Waals surface area contributed by atoms with Gasteiger partial charge in [0.1, 0.15) is 6.04 Å². The number of carbonyl (C=O) groups excluding carboxylic acids is 1. The maximum atomic E-state index is 12.4. The Hall–Kier alpha value is -4.00. The van der Waals surface area contributed by atoms with Crippen molar-refractivity contribution >= 4 is 17.6 Å². The van der Waals surface area contributed by atoms with E-state index in [1.165, 1.54) is 18.2 Å². The van der Waals surface area contributed by atoms with Gasteiger partial charge in [-0.2, -0.15) is 0 Å². The maximum Gasteiger partial charge on any atom is 0.326 e. The molecular weight excluding hydrogens is 372 g/mol. The van der Waals surface area contributed by atoms with E-state index in [4.69, 9.17) is 0 Å². The molecular formula is C22H18N2O5. The number of hydrogen-bond donors (Lipinski definition) is 2. The predicted molar refractivity (Wildman–Crippen MR) is 108 cm³/mol. The number of hydrogen-bond acceptors (Lipinski definition) is 4. The largest absolute Gasteiger partial charge is 0.480 e. The van der Waals surface area contributed by atoms with Crippen LogP contribution in [0.5, 0.6) is 0 Å². The molecule has 29 heavy (non-hydrogen) atoms. The molecule has 0 bridgehead atoms. The van der Waals surface area contributed by atoms with Crippen molar-refractivity contribution in [1.82, 2.24) is 5.32 Å². The highest BCUT2D eigenvalue weighted by Crippen LogP contribution is 2.20. The molecule has 7 nitrogen and oxygen atoms in total. The topological polar surface area (TPSA) is 110 Å². The number of nitrogens with zero attached hydrogens (tertiary/aromatic N) is 1. The van der Waals surface area contributed by atoms with Crippen LogP contribution in [0.25, 0.3) is 11.1 Å². The van der Waals surface area contributed by atoms with E-state index >= 15 is 0 Å². The van der Waals surface area contributed by atoms with Gasteiger partial charge in [-0.3, -0.25) is 14.9 Å². The Labute approximate surface area is 166 Å². The molecule has 1 atom stereocenters. The Morgan fingerprint density at radius 1 is 0.931 bits per heavy atom. The molecule has 7 heteroatoms. The zero-order valence-corrected chi connectivity index (χ0v) is 15.3. The SMILES string of the molecule is O=C(N[C@H](Cc1ccc(-c2ccccc2)cc1)C(=O)O)c1cccc([N+](=O)[O-])c1. The Balaban J connectivity index is 1.72. The number of benzene rings is 3. The minimum Gasteiger partial charge on any atom is -0.480 e. The quantitative estimate of drug-likeness (QED) is 0.472. The van der Waals surface area contributed by atoms with Crippen molar-refractivity contribution in [2.75, 3.05) is 0 Å². The molecule has 0 radical (unpaired) electrons. The second kappa shape index (κ2) is 8.79. The van der Waals surface area contributed by atoms with E-state index in [1.54, 1.807) is 0 Å². The Morgan fingerprint density at radius 3 is 2.21 bits per heavy atom. The third-order valence-electron chi connectivity index (χ3n) is 4.42. The highest BCUT2D eigenvalue weighted by atomic mass is 16.6. The molecule has 146 valence electrons. The summed E-state index contributed by atoms with van der Waals surface area (Å²) in [5, 5.41) is 22.8. The molecule has 0 aliphatic rings. The van der Waals surface area contributed by atoms with Gasteiger partial charge in [0.25, 0.3) is 11.6 Å². The molecule has 0 spiro atoms. The van der Waals surface area contributed by atoms with Crippen molar-refractivity contribution in [2.45, 2.75) is 12.5 Å². The molecule has 0 aromatic heterocycles. The van der Waals surface area contributed by atoms with Crippen molar-refractivity contribution in [3.8, 4) is 11.1 Å². The van der Waals surface area contributed by atoms with Crippen LogP contribution in [0.15, 0.2) is 78.9 Å². The molecule has 3 rings (SSSR count). The van der Waals surface area contributed by atoms with Crippen LogP contribution in [0.4, 0.5) is 5.69 Å². The lowest BCUT2D eigenvalue weighted by atomic mass is 10.0. The van der Waals surface area contributed by atoms with Crippen molar-refractivity contribution in [3.63, 3.8) is 0 Å². The van der Waals surface area contributed by atoms with Gasteiger partial charge in [0.2, 0.25) is 0 Å². The third kappa shape index (κ3) is 5.04. The van der Waals surface area contributed by atoms with E-state index in [0.717, 1.165) is 22.8 Å². The Kier molecular flexibility index (Phi) is 5.99. The molecule has 0 saturated carbocycles. The highest BCUT2D eigenvalue weighted by Gasteiger charge is 2.22. The van der Waals surface area contributed by atoms with E-state index in [0.29, 0.717) is 0 Å². The zero-order valence-electron chi connectivity index (χ0n) is 15.3. The molecule has 0 aliphatic heterocycles. The van der Waals surface area contributed by atoms with Crippen LogP contribution in [0.3, 0.4) is 0 Å². The van der Waals surface area contributed by atoms with Crippen molar-refractivity contribution in [2.24, 2.45) is 0 Å². The molecule has 2 N–H and O–H groups in total. The third-order valence-corrected chi connectivity index (χ3v) is 4.42. The lowest BCUT2D eigenvalue weighted by Crippen LogP contribution is -2.42. The van der Waals surface area contributed by atoms with Gasteiger partial charge in [-0.05, 0) is 22.8 Å². The minimum absolute atomic E-state index is 0.0323. The number of carbonyl (C=O) groups is 2. The number of non-ortho nitro benzene ring substituents is 1. The second-order valence-electron chi connectivity index (χ2n) is 6.44. The van der Waals surface area contributed by atoms with Crippen molar-refractivity contribution < 1.29 is 19.6 Å². The van der Waals surface area contributed by atoms with Crippen molar-refractivity contribution in [3.05, 3.63) is 100 Å². The molecule has 3 aromatic carbocycles. The summed E-state index contributed by atoms with van der Waals surface area (Å²) in [4.78, 5) is 34.2. The summed E-state index contributed by atoms with van der Waals surface area (Å²) in [7, 11) is 0. The standard InChI is InChI=1S/C22H18N2O5/c25-21(18-7-4-8-19(14-18)24(28)29)23-20(22(26)27)13-15-9-11-17(12-10-15)16-5-2-1-3-6-16/h1-12,14,20H,13H2,(H,23,25)(H,26,27)/t20-/m1/s1. The highest BCUT2D eigenvalue weighted by molar-refractivity contribution is 5.97. The summed E-state index contributed by atoms with van der Waals surface area (Å²) in [6, 6.07) is 21.2. The summed E-state index contributed by atoms with van der Waals surface area (Å²) in [5.74, 6) is -1.86. The first-order chi connectivity index (χ1) is 13.9. The van der Waals surface area contributed by atoms with E-state index in [9.17, 15) is 24.8 Å². The number of nitrogens with one attached hydrogen (secondary N) is 1. The van der Waals surface area contributed by atoms with E-state index in [2.05, 4.69) is 5.32 Å². The second-order valence-corrected chi connectivity index (χ2v) is 6.44. The molecule has 1 amide bonds. The van der Waals surface area contributed by atoms with Gasteiger partial charge in [-0.1, -0.05) is 60.7 Å². The first kappa shape index (κ1) is 19.8. The average Bonchev–Trinajstić information content (AvgIpc) is 2.74. The van der Waals surface area contributed by atoms with E-state index < -0.39 is 22.8 Å². The summed E-state index contributed by atoms with van der Waals surface area (Å²) in [6.45, 7) is 0. The zero-order chi connectivity index (χ0) is 20.8. The van der Waals surface area contributed by atoms with Gasteiger partial charge in [-0.15, -0.1) is 0 Å². The Bertz CT molecular complexity index is 1030. The van der Waals surface area contributed by atoms with Crippen molar-refractivity contribution in [1.29, 1.82) is 0 Å². The van der Waals surface area contributed by atoms with Gasteiger partial charge in [0.15, 0.2) is 0 Å². The summed E-state index contributed by atoms with van der Waals surface area (Å²) >= 11 is 0. The molecule has 0 heterocycles. The maximum absolute atomic E-state index is 12.4. The van der Waals surface area contributed by atoms with Crippen LogP contribution in [0, 0.1) is 10.1 Å². The van der Waals surface area contributed by atoms with Gasteiger partial charge in [-0.25, -0.2) is 4.79 Å². The van der Waals surface area contributed by atoms with Crippen LogP contribution in [-0.4, -0.2) is 27.9 Å². The lowest BCUT2D eigenvalue weighted by Gasteiger charge is -2.15. The van der Waals surface area contributed by atoms with Crippen LogP contribution in [0.1, 0.15) is 15.9 Å². The van der Waals surface area contributed by atoms with Crippen LogP contribution in [0.2, 0.25) is 0 Å². The summed E-state index contributed by atoms with van der Waals surface area (Å²) in [6.07, 6.45) is 0.0884. The molecule has 0 aliphatic carbocycles. The lowest BCUT2D eigenvalue weighted by molar-refractivity contribution is -0.384. The number of carboxylic acids is 1. The van der Waals surface area contributed by atoms with Gasteiger partial charge >= 0.3 is 5.97 Å². The minimum atomic E-state index is -1.18. The molecule has 0 fully saturated rings. The monoisotopic (exact) mass is 390 g/mol. The van der Waals surface area contributed by atoms with E-state index in [1.807, 2.05) is 54.6 Å². The fraction of sp³-hybridized carbons (Fsp3) is 0.0909. The number of amides is 1. The summed E-state index contributed by atoms with van der Waals surface area (Å²) in [5.41, 5.74) is 2.59. The Morgan fingerprint density at radius 2 is 1.59 bits per heavy atom. The summed E-state index contributed by atoms with van der Waals surface area (Å²) < 4.78 is 0. The van der Waals surface area contributed by atoms with Gasteiger partial charge in [0, 0.05) is 24.1 Å². The molecule has 0 saturated heterocycles. The fourth-order valence-corrected chi connectivity index (χ4v) is 2.90. The fourth-order valence-electron chi connectivity index (χ4n) is 2.90. The normalized spacial score (nSPS) is 11.4. The first-order valence-electron chi connectivity index (χ1n) is 8.86. The average molecular weight is 390 g/mol.